The van der Waals surface area contributed by atoms with E-state index in [1.54, 1.807) is 29.8 Å². The molecule has 0 bridgehead atoms. The SMILES string of the molecule is Cn1c(=O)c2c(nc(N3CCCC3)n2CC(O)COc2ccc(Cl)cc2Cl)n(C)c1=O. The van der Waals surface area contributed by atoms with Crippen LogP contribution in [-0.2, 0) is 20.6 Å². The number of ether oxygens (including phenoxy) is 1. The maximum atomic E-state index is 12.9. The van der Waals surface area contributed by atoms with Crippen molar-refractivity contribution in [3.05, 3.63) is 49.1 Å². The van der Waals surface area contributed by atoms with Crippen molar-refractivity contribution < 1.29 is 9.84 Å². The van der Waals surface area contributed by atoms with Crippen molar-refractivity contribution in [3.63, 3.8) is 0 Å². The Balaban J connectivity index is 1.68. The Labute approximate surface area is 188 Å². The molecule has 11 heteroatoms. The van der Waals surface area contributed by atoms with Crippen LogP contribution >= 0.6 is 23.2 Å². The minimum absolute atomic E-state index is 0.0491. The third-order valence-corrected chi connectivity index (χ3v) is 5.97. The maximum Gasteiger partial charge on any atom is 0.332 e. The highest BCUT2D eigenvalue weighted by Gasteiger charge is 2.26. The molecule has 1 atom stereocenters. The monoisotopic (exact) mass is 467 g/mol. The Morgan fingerprint density at radius 1 is 1.16 bits per heavy atom. The quantitative estimate of drug-likeness (QED) is 0.593. The van der Waals surface area contributed by atoms with E-state index >= 15 is 0 Å². The molecule has 31 heavy (non-hydrogen) atoms. The van der Waals surface area contributed by atoms with Gasteiger partial charge in [0.2, 0.25) is 5.95 Å². The molecule has 166 valence electrons. The van der Waals surface area contributed by atoms with Gasteiger partial charge in [-0.15, -0.1) is 0 Å². The second kappa shape index (κ2) is 8.57. The van der Waals surface area contributed by atoms with Gasteiger partial charge in [-0.05, 0) is 31.0 Å². The number of benzene rings is 1. The fourth-order valence-electron chi connectivity index (χ4n) is 3.81. The van der Waals surface area contributed by atoms with Gasteiger partial charge in [0, 0.05) is 32.2 Å². The number of rotatable bonds is 6. The molecule has 0 aliphatic carbocycles. The second-order valence-electron chi connectivity index (χ2n) is 7.63. The number of hydrogen-bond acceptors (Lipinski definition) is 6. The van der Waals surface area contributed by atoms with E-state index < -0.39 is 17.4 Å². The van der Waals surface area contributed by atoms with Gasteiger partial charge in [0.15, 0.2) is 11.2 Å². The molecular weight excluding hydrogens is 445 g/mol. The van der Waals surface area contributed by atoms with Crippen LogP contribution in [0.2, 0.25) is 10.0 Å². The van der Waals surface area contributed by atoms with Crippen molar-refractivity contribution in [3.8, 4) is 5.75 Å². The van der Waals surface area contributed by atoms with Gasteiger partial charge >= 0.3 is 5.69 Å². The molecule has 3 aromatic rings. The first-order valence-corrected chi connectivity index (χ1v) is 10.7. The summed E-state index contributed by atoms with van der Waals surface area (Å²) in [5.41, 5.74) is -0.333. The average molecular weight is 468 g/mol. The molecule has 1 aliphatic heterocycles. The van der Waals surface area contributed by atoms with Gasteiger partial charge in [0.05, 0.1) is 11.6 Å². The molecule has 1 aromatic carbocycles. The molecular formula is C20H23Cl2N5O4. The Bertz CT molecular complexity index is 1240. The lowest BCUT2D eigenvalue weighted by atomic mass is 10.3. The molecule has 1 N–H and O–H groups in total. The van der Waals surface area contributed by atoms with E-state index in [4.69, 9.17) is 27.9 Å². The number of halogens is 2. The fraction of sp³-hybridized carbons (Fsp3) is 0.450. The Morgan fingerprint density at radius 2 is 1.87 bits per heavy atom. The van der Waals surface area contributed by atoms with Crippen molar-refractivity contribution in [2.24, 2.45) is 14.1 Å². The number of aliphatic hydroxyl groups is 1. The zero-order valence-electron chi connectivity index (χ0n) is 17.2. The largest absolute Gasteiger partial charge is 0.489 e. The first-order chi connectivity index (χ1) is 14.8. The van der Waals surface area contributed by atoms with Gasteiger partial charge in [-0.1, -0.05) is 23.2 Å². The Kier molecular flexibility index (Phi) is 6.00. The van der Waals surface area contributed by atoms with E-state index in [1.165, 1.54) is 11.6 Å². The predicted molar refractivity (Wildman–Crippen MR) is 120 cm³/mol. The van der Waals surface area contributed by atoms with Crippen LogP contribution in [0.5, 0.6) is 5.75 Å². The zero-order chi connectivity index (χ0) is 22.3. The molecule has 4 rings (SSSR count). The molecule has 2 aromatic heterocycles. The molecule has 0 radical (unpaired) electrons. The highest BCUT2D eigenvalue weighted by atomic mass is 35.5. The van der Waals surface area contributed by atoms with Crippen molar-refractivity contribution in [2.75, 3.05) is 24.6 Å². The summed E-state index contributed by atoms with van der Waals surface area (Å²) < 4.78 is 9.73. The normalized spacial score (nSPS) is 15.1. The number of imidazole rings is 1. The van der Waals surface area contributed by atoms with Crippen molar-refractivity contribution in [1.82, 2.24) is 18.7 Å². The summed E-state index contributed by atoms with van der Waals surface area (Å²) in [4.78, 5) is 31.9. The van der Waals surface area contributed by atoms with Crippen molar-refractivity contribution in [1.29, 1.82) is 0 Å². The van der Waals surface area contributed by atoms with E-state index in [0.717, 1.165) is 30.5 Å². The zero-order valence-corrected chi connectivity index (χ0v) is 18.7. The van der Waals surface area contributed by atoms with Gasteiger partial charge < -0.3 is 19.3 Å². The van der Waals surface area contributed by atoms with Crippen LogP contribution in [-0.4, -0.2) is 49.6 Å². The van der Waals surface area contributed by atoms with Crippen LogP contribution in [0, 0.1) is 0 Å². The summed E-state index contributed by atoms with van der Waals surface area (Å²) >= 11 is 12.0. The molecule has 0 saturated carbocycles. The smallest absolute Gasteiger partial charge is 0.332 e. The van der Waals surface area contributed by atoms with Gasteiger partial charge in [-0.3, -0.25) is 13.9 Å². The summed E-state index contributed by atoms with van der Waals surface area (Å²) in [6.45, 7) is 1.61. The molecule has 0 amide bonds. The minimum atomic E-state index is -0.951. The maximum absolute atomic E-state index is 12.9. The molecule has 9 nitrogen and oxygen atoms in total. The van der Waals surface area contributed by atoms with Crippen molar-refractivity contribution >= 4 is 40.3 Å². The predicted octanol–water partition coefficient (Wildman–Crippen LogP) is 1.78. The molecule has 1 unspecified atom stereocenters. The number of anilines is 1. The third-order valence-electron chi connectivity index (χ3n) is 5.44. The Morgan fingerprint density at radius 3 is 2.55 bits per heavy atom. The number of aryl methyl sites for hydroxylation is 1. The van der Waals surface area contributed by atoms with E-state index in [9.17, 15) is 14.7 Å². The fourth-order valence-corrected chi connectivity index (χ4v) is 4.27. The molecule has 1 saturated heterocycles. The number of hydrogen-bond donors (Lipinski definition) is 1. The molecule has 1 aliphatic rings. The minimum Gasteiger partial charge on any atom is -0.489 e. The first kappa shape index (κ1) is 21.7. The number of nitrogens with zero attached hydrogens (tertiary/aromatic N) is 5. The molecule has 3 heterocycles. The lowest BCUT2D eigenvalue weighted by molar-refractivity contribution is 0.0937. The average Bonchev–Trinajstić information content (AvgIpc) is 3.38. The highest BCUT2D eigenvalue weighted by Crippen LogP contribution is 2.28. The van der Waals surface area contributed by atoms with Crippen LogP contribution < -0.4 is 20.9 Å². The first-order valence-electron chi connectivity index (χ1n) is 9.95. The summed E-state index contributed by atoms with van der Waals surface area (Å²) in [5.74, 6) is 0.966. The third kappa shape index (κ3) is 4.05. The van der Waals surface area contributed by atoms with E-state index in [0.29, 0.717) is 27.4 Å². The van der Waals surface area contributed by atoms with Gasteiger partial charge in [0.25, 0.3) is 5.56 Å². The van der Waals surface area contributed by atoms with Crippen LogP contribution in [0.1, 0.15) is 12.8 Å². The molecule has 1 fully saturated rings. The Hall–Kier alpha value is -2.49. The topological polar surface area (TPSA) is 94.5 Å². The number of aromatic nitrogens is 4. The lowest BCUT2D eigenvalue weighted by Crippen LogP contribution is -2.38. The van der Waals surface area contributed by atoms with Crippen LogP contribution in [0.25, 0.3) is 11.2 Å². The summed E-state index contributed by atoms with van der Waals surface area (Å²) in [6, 6.07) is 4.84. The summed E-state index contributed by atoms with van der Waals surface area (Å²) in [5, 5.41) is 11.5. The molecule has 0 spiro atoms. The highest BCUT2D eigenvalue weighted by molar-refractivity contribution is 6.35. The standard InChI is InChI=1S/C20H23Cl2N5O4/c1-24-17-16(18(29)25(2)20(24)30)27(19(23-17)26-7-3-4-8-26)10-13(28)11-31-15-6-5-12(21)9-14(15)22/h5-6,9,13,28H,3-4,7-8,10-11H2,1-2H3. The van der Waals surface area contributed by atoms with Gasteiger partial charge in [-0.25, -0.2) is 4.79 Å². The summed E-state index contributed by atoms with van der Waals surface area (Å²) in [7, 11) is 3.01. The van der Waals surface area contributed by atoms with Crippen LogP contribution in [0.4, 0.5) is 5.95 Å². The second-order valence-corrected chi connectivity index (χ2v) is 8.48. The van der Waals surface area contributed by atoms with E-state index in [2.05, 4.69) is 9.88 Å². The number of fused-ring (bicyclic) bond motifs is 1. The summed E-state index contributed by atoms with van der Waals surface area (Å²) in [6.07, 6.45) is 1.08. The van der Waals surface area contributed by atoms with Crippen LogP contribution in [0.3, 0.4) is 0 Å². The van der Waals surface area contributed by atoms with Gasteiger partial charge in [0.1, 0.15) is 18.5 Å². The van der Waals surface area contributed by atoms with Crippen LogP contribution in [0.15, 0.2) is 27.8 Å². The number of aliphatic hydroxyl groups excluding tert-OH is 1. The van der Waals surface area contributed by atoms with Crippen molar-refractivity contribution in [2.45, 2.75) is 25.5 Å². The van der Waals surface area contributed by atoms with Gasteiger partial charge in [-0.2, -0.15) is 4.98 Å². The van der Waals surface area contributed by atoms with E-state index in [-0.39, 0.29) is 18.7 Å². The lowest BCUT2D eigenvalue weighted by Gasteiger charge is -2.20. The van der Waals surface area contributed by atoms with E-state index in [1.807, 2.05) is 0 Å².